The summed E-state index contributed by atoms with van der Waals surface area (Å²) in [5.41, 5.74) is 3.15. The van der Waals surface area contributed by atoms with Crippen LogP contribution in [-0.4, -0.2) is 50.1 Å². The molecule has 1 aliphatic rings. The van der Waals surface area contributed by atoms with Gasteiger partial charge < -0.3 is 5.32 Å². The largest absolute Gasteiger partial charge is 0.365 e. The number of rotatable bonds is 6. The fraction of sp³-hybridized carbons (Fsp3) is 0.333. The van der Waals surface area contributed by atoms with Crippen LogP contribution in [0.4, 0.5) is 5.82 Å². The van der Waals surface area contributed by atoms with Gasteiger partial charge in [0.15, 0.2) is 0 Å². The van der Waals surface area contributed by atoms with Gasteiger partial charge in [-0.2, -0.15) is 0 Å². The number of hydroxylamine groups is 1. The van der Waals surface area contributed by atoms with E-state index in [2.05, 4.69) is 25.2 Å². The van der Waals surface area contributed by atoms with Gasteiger partial charge >= 0.3 is 0 Å². The molecular weight excluding hydrogens is 332 g/mol. The highest BCUT2D eigenvalue weighted by molar-refractivity contribution is 5.90. The van der Waals surface area contributed by atoms with E-state index in [0.29, 0.717) is 17.6 Å². The normalized spacial score (nSPS) is 18.0. The molecule has 0 spiro atoms. The van der Waals surface area contributed by atoms with Gasteiger partial charge in [0.1, 0.15) is 5.82 Å². The summed E-state index contributed by atoms with van der Waals surface area (Å²) >= 11 is 0. The number of amides is 1. The summed E-state index contributed by atoms with van der Waals surface area (Å²) in [6, 6.07) is 6.30. The Bertz CT molecular complexity index is 735. The number of carbonyl (C=O) groups is 1. The van der Waals surface area contributed by atoms with E-state index in [1.165, 1.54) is 17.6 Å². The van der Waals surface area contributed by atoms with E-state index in [9.17, 15) is 4.79 Å². The zero-order valence-electron chi connectivity index (χ0n) is 14.4. The van der Waals surface area contributed by atoms with E-state index in [0.717, 1.165) is 38.2 Å². The van der Waals surface area contributed by atoms with Gasteiger partial charge in [-0.1, -0.05) is 6.07 Å². The summed E-state index contributed by atoms with van der Waals surface area (Å²) in [6.07, 6.45) is 9.93. The second kappa shape index (κ2) is 9.02. The third kappa shape index (κ3) is 5.33. The molecule has 0 aliphatic carbocycles. The number of likely N-dealkylation sites (tertiary alicyclic amines) is 1. The Morgan fingerprint density at radius 1 is 1.31 bits per heavy atom. The zero-order valence-corrected chi connectivity index (χ0v) is 14.4. The molecule has 8 heteroatoms. The van der Waals surface area contributed by atoms with E-state index >= 15 is 0 Å². The van der Waals surface area contributed by atoms with Gasteiger partial charge in [-0.25, -0.2) is 10.5 Å². The lowest BCUT2D eigenvalue weighted by atomic mass is 10.1. The van der Waals surface area contributed by atoms with Gasteiger partial charge in [-0.3, -0.25) is 24.9 Å². The van der Waals surface area contributed by atoms with Crippen molar-refractivity contribution in [3.8, 4) is 0 Å². The molecule has 3 heterocycles. The molecule has 1 fully saturated rings. The van der Waals surface area contributed by atoms with Gasteiger partial charge in [-0.05, 0) is 37.6 Å². The van der Waals surface area contributed by atoms with E-state index in [1.54, 1.807) is 12.4 Å². The maximum absolute atomic E-state index is 11.0. The fourth-order valence-corrected chi connectivity index (χ4v) is 2.94. The number of nitrogens with zero attached hydrogens (tertiary/aromatic N) is 4. The summed E-state index contributed by atoms with van der Waals surface area (Å²) in [5.74, 6) is 0.0997. The molecule has 0 aromatic carbocycles. The van der Waals surface area contributed by atoms with Gasteiger partial charge in [0, 0.05) is 31.4 Å². The molecule has 2 aromatic rings. The number of aromatic nitrogens is 3. The van der Waals surface area contributed by atoms with Gasteiger partial charge in [-0.15, -0.1) is 0 Å². The van der Waals surface area contributed by atoms with Crippen LogP contribution in [0.3, 0.4) is 0 Å². The number of hydrogen-bond acceptors (Lipinski definition) is 7. The van der Waals surface area contributed by atoms with E-state index in [1.807, 2.05) is 24.4 Å². The molecule has 2 aromatic heterocycles. The van der Waals surface area contributed by atoms with Crippen LogP contribution in [-0.2, 0) is 11.3 Å². The van der Waals surface area contributed by atoms with Crippen molar-refractivity contribution in [1.82, 2.24) is 25.3 Å². The second-order valence-corrected chi connectivity index (χ2v) is 6.18. The van der Waals surface area contributed by atoms with Crippen LogP contribution < -0.4 is 10.8 Å². The second-order valence-electron chi connectivity index (χ2n) is 6.18. The number of anilines is 1. The summed E-state index contributed by atoms with van der Waals surface area (Å²) in [7, 11) is 0. The fourth-order valence-electron chi connectivity index (χ4n) is 2.94. The molecule has 1 amide bonds. The van der Waals surface area contributed by atoms with Crippen molar-refractivity contribution < 1.29 is 10.0 Å². The molecule has 8 nitrogen and oxygen atoms in total. The predicted molar refractivity (Wildman–Crippen MR) is 97.2 cm³/mol. The standard InChI is InChI=1S/C18H22N6O2/c25-18(23-26)7-6-14-10-21-17(11-20-14)22-16-5-3-9-24(13-16)12-15-4-1-2-8-19-15/h1-2,4,6-8,10-11,16,26H,3,5,9,12-13H2,(H,21,22)(H,23,25)/b7-6+. The average Bonchev–Trinajstić information content (AvgIpc) is 2.68. The van der Waals surface area contributed by atoms with E-state index in [-0.39, 0.29) is 0 Å². The quantitative estimate of drug-likeness (QED) is 0.410. The van der Waals surface area contributed by atoms with Crippen LogP contribution in [0.2, 0.25) is 0 Å². The first-order chi connectivity index (χ1) is 12.7. The average molecular weight is 354 g/mol. The lowest BCUT2D eigenvalue weighted by molar-refractivity contribution is -0.124. The summed E-state index contributed by atoms with van der Waals surface area (Å²) in [4.78, 5) is 26.3. The monoisotopic (exact) mass is 354 g/mol. The molecule has 3 rings (SSSR count). The third-order valence-electron chi connectivity index (χ3n) is 4.16. The molecule has 1 aliphatic heterocycles. The molecular formula is C18H22N6O2. The van der Waals surface area contributed by atoms with Crippen molar-refractivity contribution in [1.29, 1.82) is 0 Å². The molecule has 1 saturated heterocycles. The van der Waals surface area contributed by atoms with Gasteiger partial charge in [0.2, 0.25) is 0 Å². The van der Waals surface area contributed by atoms with Crippen LogP contribution in [0, 0.1) is 0 Å². The van der Waals surface area contributed by atoms with Gasteiger partial charge in [0.25, 0.3) is 5.91 Å². The number of nitrogens with one attached hydrogen (secondary N) is 2. The minimum atomic E-state index is -0.607. The van der Waals surface area contributed by atoms with Crippen LogP contribution in [0.25, 0.3) is 6.08 Å². The highest BCUT2D eigenvalue weighted by Crippen LogP contribution is 2.16. The Balaban J connectivity index is 1.53. The molecule has 0 radical (unpaired) electrons. The molecule has 1 atom stereocenters. The molecule has 0 saturated carbocycles. The van der Waals surface area contributed by atoms with E-state index in [4.69, 9.17) is 5.21 Å². The van der Waals surface area contributed by atoms with Crippen LogP contribution >= 0.6 is 0 Å². The Morgan fingerprint density at radius 2 is 2.23 bits per heavy atom. The van der Waals surface area contributed by atoms with Crippen molar-refractivity contribution in [2.45, 2.75) is 25.4 Å². The van der Waals surface area contributed by atoms with Gasteiger partial charge in [0.05, 0.1) is 23.8 Å². The first-order valence-corrected chi connectivity index (χ1v) is 8.56. The SMILES string of the molecule is O=C(/C=C/c1cnc(NC2CCCN(Cc3ccccn3)C2)cn1)NO. The first kappa shape index (κ1) is 18.0. The summed E-state index contributed by atoms with van der Waals surface area (Å²) in [6.45, 7) is 2.84. The lowest BCUT2D eigenvalue weighted by Gasteiger charge is -2.33. The van der Waals surface area contributed by atoms with Crippen LogP contribution in [0.5, 0.6) is 0 Å². The number of piperidine rings is 1. The van der Waals surface area contributed by atoms with E-state index < -0.39 is 5.91 Å². The highest BCUT2D eigenvalue weighted by Gasteiger charge is 2.20. The summed E-state index contributed by atoms with van der Waals surface area (Å²) in [5, 5.41) is 11.9. The molecule has 136 valence electrons. The van der Waals surface area contributed by atoms with Crippen LogP contribution in [0.15, 0.2) is 42.9 Å². The maximum atomic E-state index is 11.0. The minimum absolute atomic E-state index is 0.309. The van der Waals surface area contributed by atoms with Crippen molar-refractivity contribution in [2.24, 2.45) is 0 Å². The first-order valence-electron chi connectivity index (χ1n) is 8.56. The molecule has 3 N–H and O–H groups in total. The number of hydrogen-bond donors (Lipinski definition) is 3. The van der Waals surface area contributed by atoms with Crippen molar-refractivity contribution >= 4 is 17.8 Å². The number of carbonyl (C=O) groups excluding carboxylic acids is 1. The lowest BCUT2D eigenvalue weighted by Crippen LogP contribution is -2.41. The Labute approximate surface area is 152 Å². The summed E-state index contributed by atoms with van der Waals surface area (Å²) < 4.78 is 0. The third-order valence-corrected chi connectivity index (χ3v) is 4.16. The molecule has 1 unspecified atom stereocenters. The Hall–Kier alpha value is -2.84. The molecule has 26 heavy (non-hydrogen) atoms. The Kier molecular flexibility index (Phi) is 6.24. The predicted octanol–water partition coefficient (Wildman–Crippen LogP) is 1.47. The zero-order chi connectivity index (χ0) is 18.2. The van der Waals surface area contributed by atoms with Crippen molar-refractivity contribution in [2.75, 3.05) is 18.4 Å². The van der Waals surface area contributed by atoms with Crippen molar-refractivity contribution in [3.63, 3.8) is 0 Å². The molecule has 0 bridgehead atoms. The minimum Gasteiger partial charge on any atom is -0.365 e. The van der Waals surface area contributed by atoms with Crippen molar-refractivity contribution in [3.05, 3.63) is 54.3 Å². The van der Waals surface area contributed by atoms with Crippen LogP contribution in [0.1, 0.15) is 24.2 Å². The topological polar surface area (TPSA) is 103 Å². The Morgan fingerprint density at radius 3 is 2.96 bits per heavy atom. The maximum Gasteiger partial charge on any atom is 0.267 e. The highest BCUT2D eigenvalue weighted by atomic mass is 16.5. The number of pyridine rings is 1. The smallest absolute Gasteiger partial charge is 0.267 e.